The molecule has 8 nitrogen and oxygen atoms in total. The molecule has 0 aliphatic carbocycles. The lowest BCUT2D eigenvalue weighted by Crippen LogP contribution is -2.60. The molecule has 0 saturated carbocycles. The van der Waals surface area contributed by atoms with Gasteiger partial charge in [0.2, 0.25) is 6.29 Å². The molecular formula is C14H18O8. The standard InChI is InChI=1S/C14H18O8/c1-6(16)7-2-3-8(17)9(4-7)21-14-13(20)12(19)11(18)10(5-15)22-14/h2-4,10-15,17-20H,5H2,1H3/t10-,11-,12+,13-,14-/m1/s1. The number of Topliss-reactive ketones (excluding diaryl/α,β-unsaturated/α-hetero) is 1. The van der Waals surface area contributed by atoms with Gasteiger partial charge in [0, 0.05) is 5.56 Å². The van der Waals surface area contributed by atoms with Crippen molar-refractivity contribution in [1.82, 2.24) is 0 Å². The van der Waals surface area contributed by atoms with Crippen molar-refractivity contribution in [3.05, 3.63) is 23.8 Å². The van der Waals surface area contributed by atoms with Crippen molar-refractivity contribution in [2.24, 2.45) is 0 Å². The number of aliphatic hydroxyl groups is 4. The van der Waals surface area contributed by atoms with Gasteiger partial charge in [0.15, 0.2) is 17.3 Å². The lowest BCUT2D eigenvalue weighted by atomic mass is 9.99. The van der Waals surface area contributed by atoms with E-state index in [9.17, 15) is 25.2 Å². The Kier molecular flexibility index (Phi) is 4.99. The first-order valence-electron chi connectivity index (χ1n) is 6.66. The maximum Gasteiger partial charge on any atom is 0.229 e. The highest BCUT2D eigenvalue weighted by Gasteiger charge is 2.44. The van der Waals surface area contributed by atoms with E-state index in [-0.39, 0.29) is 22.8 Å². The molecule has 0 radical (unpaired) electrons. The number of hydrogen-bond acceptors (Lipinski definition) is 8. The molecule has 1 saturated heterocycles. The number of aliphatic hydroxyl groups excluding tert-OH is 4. The number of benzene rings is 1. The van der Waals surface area contributed by atoms with Crippen LogP contribution < -0.4 is 4.74 Å². The third-order valence-electron chi connectivity index (χ3n) is 3.46. The third kappa shape index (κ3) is 3.21. The zero-order valence-electron chi connectivity index (χ0n) is 11.8. The second kappa shape index (κ2) is 6.59. The summed E-state index contributed by atoms with van der Waals surface area (Å²) in [5.74, 6) is -0.669. The molecular weight excluding hydrogens is 296 g/mol. The van der Waals surface area contributed by atoms with Crippen molar-refractivity contribution in [3.63, 3.8) is 0 Å². The molecule has 1 fully saturated rings. The Morgan fingerprint density at radius 1 is 1.23 bits per heavy atom. The van der Waals surface area contributed by atoms with Gasteiger partial charge in [0.05, 0.1) is 6.61 Å². The predicted molar refractivity (Wildman–Crippen MR) is 72.5 cm³/mol. The molecule has 0 bridgehead atoms. The van der Waals surface area contributed by atoms with E-state index >= 15 is 0 Å². The summed E-state index contributed by atoms with van der Waals surface area (Å²) < 4.78 is 10.4. The maximum absolute atomic E-state index is 11.3. The first-order valence-corrected chi connectivity index (χ1v) is 6.66. The normalized spacial score (nSPS) is 31.8. The van der Waals surface area contributed by atoms with E-state index in [4.69, 9.17) is 14.6 Å². The van der Waals surface area contributed by atoms with Gasteiger partial charge in [-0.15, -0.1) is 0 Å². The first-order chi connectivity index (χ1) is 10.3. The molecule has 2 rings (SSSR count). The number of carbonyl (C=O) groups is 1. The van der Waals surface area contributed by atoms with Crippen LogP contribution in [-0.4, -0.2) is 68.6 Å². The highest BCUT2D eigenvalue weighted by molar-refractivity contribution is 5.94. The van der Waals surface area contributed by atoms with E-state index in [1.165, 1.54) is 25.1 Å². The summed E-state index contributed by atoms with van der Waals surface area (Å²) in [6.07, 6.45) is -7.24. The van der Waals surface area contributed by atoms with Crippen molar-refractivity contribution >= 4 is 5.78 Å². The highest BCUT2D eigenvalue weighted by atomic mass is 16.7. The predicted octanol–water partition coefficient (Wildman–Crippen LogP) is -1.23. The molecule has 1 aliphatic heterocycles. The number of aromatic hydroxyl groups is 1. The van der Waals surface area contributed by atoms with Gasteiger partial charge < -0.3 is 35.0 Å². The SMILES string of the molecule is CC(=O)c1ccc(O)c(O[C@@H]2O[C@H](CO)[C@@H](O)[C@H](O)[C@H]2O)c1. The van der Waals surface area contributed by atoms with Gasteiger partial charge in [-0.2, -0.15) is 0 Å². The van der Waals surface area contributed by atoms with Crippen LogP contribution in [0.1, 0.15) is 17.3 Å². The lowest BCUT2D eigenvalue weighted by molar-refractivity contribution is -0.277. The van der Waals surface area contributed by atoms with Crippen LogP contribution in [0.4, 0.5) is 0 Å². The molecule has 1 aromatic rings. The van der Waals surface area contributed by atoms with Crippen LogP contribution in [0, 0.1) is 0 Å². The Labute approximate surface area is 126 Å². The minimum atomic E-state index is -1.60. The zero-order chi connectivity index (χ0) is 16.4. The van der Waals surface area contributed by atoms with E-state index in [1.54, 1.807) is 0 Å². The van der Waals surface area contributed by atoms with Crippen molar-refractivity contribution < 1.29 is 39.8 Å². The van der Waals surface area contributed by atoms with Gasteiger partial charge >= 0.3 is 0 Å². The van der Waals surface area contributed by atoms with E-state index in [0.29, 0.717) is 0 Å². The molecule has 5 atom stereocenters. The Balaban J connectivity index is 2.22. The average Bonchev–Trinajstić information content (AvgIpc) is 2.49. The summed E-state index contributed by atoms with van der Waals surface area (Å²) in [5, 5.41) is 48.0. The molecule has 5 N–H and O–H groups in total. The number of carbonyl (C=O) groups excluding carboxylic acids is 1. The summed E-state index contributed by atoms with van der Waals surface area (Å²) in [4.78, 5) is 11.3. The fourth-order valence-electron chi connectivity index (χ4n) is 2.12. The number of phenolic OH excluding ortho intramolecular Hbond substituents is 1. The molecule has 0 amide bonds. The van der Waals surface area contributed by atoms with Crippen molar-refractivity contribution in [1.29, 1.82) is 0 Å². The summed E-state index contributed by atoms with van der Waals surface area (Å²) >= 11 is 0. The number of hydrogen-bond donors (Lipinski definition) is 5. The molecule has 8 heteroatoms. The van der Waals surface area contributed by atoms with E-state index in [1.807, 2.05) is 0 Å². The second-order valence-electron chi connectivity index (χ2n) is 5.05. The van der Waals surface area contributed by atoms with Gasteiger partial charge in [-0.25, -0.2) is 0 Å². The van der Waals surface area contributed by atoms with Gasteiger partial charge in [0.25, 0.3) is 0 Å². The molecule has 1 aromatic carbocycles. The number of ether oxygens (including phenoxy) is 2. The second-order valence-corrected chi connectivity index (χ2v) is 5.05. The smallest absolute Gasteiger partial charge is 0.229 e. The van der Waals surface area contributed by atoms with Crippen LogP contribution in [0.5, 0.6) is 11.5 Å². The molecule has 122 valence electrons. The highest BCUT2D eigenvalue weighted by Crippen LogP contribution is 2.31. The Morgan fingerprint density at radius 2 is 1.91 bits per heavy atom. The van der Waals surface area contributed by atoms with E-state index in [2.05, 4.69) is 0 Å². The zero-order valence-corrected chi connectivity index (χ0v) is 11.8. The summed E-state index contributed by atoms with van der Waals surface area (Å²) in [6.45, 7) is 0.744. The molecule has 1 heterocycles. The molecule has 0 unspecified atom stereocenters. The van der Waals surface area contributed by atoms with Crippen LogP contribution in [0.2, 0.25) is 0 Å². The third-order valence-corrected chi connectivity index (χ3v) is 3.46. The number of phenols is 1. The topological polar surface area (TPSA) is 137 Å². The van der Waals surface area contributed by atoms with Gasteiger partial charge in [0.1, 0.15) is 24.4 Å². The van der Waals surface area contributed by atoms with Crippen molar-refractivity contribution in [2.45, 2.75) is 37.6 Å². The Bertz CT molecular complexity index is 544. The number of rotatable bonds is 4. The molecule has 1 aliphatic rings. The Hall–Kier alpha value is -1.71. The average molecular weight is 314 g/mol. The van der Waals surface area contributed by atoms with Crippen LogP contribution in [0.25, 0.3) is 0 Å². The largest absolute Gasteiger partial charge is 0.504 e. The minimum absolute atomic E-state index is 0.128. The van der Waals surface area contributed by atoms with E-state index < -0.39 is 37.3 Å². The van der Waals surface area contributed by atoms with Crippen LogP contribution in [0.15, 0.2) is 18.2 Å². The van der Waals surface area contributed by atoms with Crippen LogP contribution in [0.3, 0.4) is 0 Å². The van der Waals surface area contributed by atoms with Gasteiger partial charge in [-0.3, -0.25) is 4.79 Å². The summed E-state index contributed by atoms with van der Waals surface area (Å²) in [5.41, 5.74) is 0.275. The monoisotopic (exact) mass is 314 g/mol. The summed E-state index contributed by atoms with van der Waals surface area (Å²) in [6, 6.07) is 3.91. The molecule has 0 spiro atoms. The fraction of sp³-hybridized carbons (Fsp3) is 0.500. The van der Waals surface area contributed by atoms with Gasteiger partial charge in [-0.05, 0) is 25.1 Å². The molecule has 0 aromatic heterocycles. The first kappa shape index (κ1) is 16.7. The quantitative estimate of drug-likeness (QED) is 0.436. The van der Waals surface area contributed by atoms with Crippen LogP contribution in [-0.2, 0) is 4.74 Å². The Morgan fingerprint density at radius 3 is 2.50 bits per heavy atom. The van der Waals surface area contributed by atoms with Crippen molar-refractivity contribution in [2.75, 3.05) is 6.61 Å². The lowest BCUT2D eigenvalue weighted by Gasteiger charge is -2.39. The van der Waals surface area contributed by atoms with Crippen LogP contribution >= 0.6 is 0 Å². The van der Waals surface area contributed by atoms with Crippen molar-refractivity contribution in [3.8, 4) is 11.5 Å². The summed E-state index contributed by atoms with van der Waals surface area (Å²) in [7, 11) is 0. The van der Waals surface area contributed by atoms with Gasteiger partial charge in [-0.1, -0.05) is 0 Å². The van der Waals surface area contributed by atoms with E-state index in [0.717, 1.165) is 0 Å². The number of ketones is 1. The maximum atomic E-state index is 11.3. The minimum Gasteiger partial charge on any atom is -0.504 e. The fourth-order valence-corrected chi connectivity index (χ4v) is 2.12. The molecule has 22 heavy (non-hydrogen) atoms.